The Kier molecular flexibility index (Phi) is 4.37. The first-order valence-corrected chi connectivity index (χ1v) is 7.46. The van der Waals surface area contributed by atoms with Crippen LogP contribution in [0.15, 0.2) is 22.7 Å². The predicted molar refractivity (Wildman–Crippen MR) is 78.7 cm³/mol. The maximum atomic E-state index is 5.96. The van der Waals surface area contributed by atoms with Gasteiger partial charge in [-0.1, -0.05) is 31.9 Å². The van der Waals surface area contributed by atoms with Crippen molar-refractivity contribution in [3.05, 3.63) is 27.7 Å². The van der Waals surface area contributed by atoms with Crippen LogP contribution in [0.3, 0.4) is 0 Å². The van der Waals surface area contributed by atoms with Crippen LogP contribution in [-0.2, 0) is 0 Å². The fourth-order valence-electron chi connectivity index (χ4n) is 2.75. The molecule has 17 heavy (non-hydrogen) atoms. The highest BCUT2D eigenvalue weighted by molar-refractivity contribution is 9.10. The van der Waals surface area contributed by atoms with Crippen molar-refractivity contribution < 1.29 is 0 Å². The van der Waals surface area contributed by atoms with E-state index in [1.54, 1.807) is 0 Å². The first-order chi connectivity index (χ1) is 8.08. The molecule has 0 aliphatic heterocycles. The quantitative estimate of drug-likeness (QED) is 0.776. The lowest BCUT2D eigenvalue weighted by Gasteiger charge is -2.36. The highest BCUT2D eigenvalue weighted by atomic mass is 79.9. The van der Waals surface area contributed by atoms with Crippen LogP contribution in [0.5, 0.6) is 0 Å². The minimum atomic E-state index is 0.571. The lowest BCUT2D eigenvalue weighted by Crippen LogP contribution is -2.37. The lowest BCUT2D eigenvalue weighted by atomic mass is 9.78. The first-order valence-electron chi connectivity index (χ1n) is 6.29. The Balaban J connectivity index is 2.13. The molecule has 2 rings (SSSR count). The van der Waals surface area contributed by atoms with Gasteiger partial charge < -0.3 is 5.32 Å². The molecule has 1 aromatic carbocycles. The van der Waals surface area contributed by atoms with E-state index in [0.29, 0.717) is 6.04 Å². The summed E-state index contributed by atoms with van der Waals surface area (Å²) in [6, 6.07) is 6.51. The Morgan fingerprint density at radius 3 is 2.47 bits per heavy atom. The summed E-state index contributed by atoms with van der Waals surface area (Å²) in [5, 5.41) is 4.44. The van der Waals surface area contributed by atoms with Gasteiger partial charge in [-0.25, -0.2) is 0 Å². The standard InChI is InChI=1S/C14H19BrClN/c1-9-4-3-5-10(2)14(9)17-13-7-6-11(16)8-12(13)15/h6-10,14,17H,3-5H2,1-2H3. The second kappa shape index (κ2) is 5.62. The van der Waals surface area contributed by atoms with Gasteiger partial charge in [0.2, 0.25) is 0 Å². The van der Waals surface area contributed by atoms with E-state index in [0.717, 1.165) is 27.0 Å². The molecule has 1 fully saturated rings. The van der Waals surface area contributed by atoms with Crippen molar-refractivity contribution in [2.75, 3.05) is 5.32 Å². The van der Waals surface area contributed by atoms with Gasteiger partial charge in [0.15, 0.2) is 0 Å². The van der Waals surface area contributed by atoms with Crippen molar-refractivity contribution in [1.29, 1.82) is 0 Å². The second-order valence-corrected chi connectivity index (χ2v) is 6.47. The SMILES string of the molecule is CC1CCCC(C)C1Nc1ccc(Cl)cc1Br. The molecular weight excluding hydrogens is 298 g/mol. The van der Waals surface area contributed by atoms with E-state index in [-0.39, 0.29) is 0 Å². The zero-order valence-electron chi connectivity index (χ0n) is 10.3. The third-order valence-electron chi connectivity index (χ3n) is 3.80. The van der Waals surface area contributed by atoms with E-state index in [1.807, 2.05) is 12.1 Å². The van der Waals surface area contributed by atoms with Gasteiger partial charge in [0.1, 0.15) is 0 Å². The minimum Gasteiger partial charge on any atom is -0.381 e. The number of hydrogen-bond donors (Lipinski definition) is 1. The molecule has 2 unspecified atom stereocenters. The van der Waals surface area contributed by atoms with Crippen LogP contribution in [-0.4, -0.2) is 6.04 Å². The maximum Gasteiger partial charge on any atom is 0.0488 e. The van der Waals surface area contributed by atoms with Crippen LogP contribution in [0.4, 0.5) is 5.69 Å². The van der Waals surface area contributed by atoms with E-state index in [9.17, 15) is 0 Å². The molecule has 94 valence electrons. The van der Waals surface area contributed by atoms with Gasteiger partial charge in [-0.15, -0.1) is 0 Å². The summed E-state index contributed by atoms with van der Waals surface area (Å²) in [6.45, 7) is 4.69. The molecule has 0 heterocycles. The Labute approximate surface area is 117 Å². The Bertz CT molecular complexity index is 384. The monoisotopic (exact) mass is 315 g/mol. The number of benzene rings is 1. The fraction of sp³-hybridized carbons (Fsp3) is 0.571. The fourth-order valence-corrected chi connectivity index (χ4v) is 3.55. The first kappa shape index (κ1) is 13.2. The molecule has 3 heteroatoms. The van der Waals surface area contributed by atoms with Gasteiger partial charge in [0.25, 0.3) is 0 Å². The number of hydrogen-bond acceptors (Lipinski definition) is 1. The minimum absolute atomic E-state index is 0.571. The van der Waals surface area contributed by atoms with Gasteiger partial charge >= 0.3 is 0 Å². The predicted octanol–water partition coefficient (Wildman–Crippen LogP) is 5.34. The summed E-state index contributed by atoms with van der Waals surface area (Å²) in [6.07, 6.45) is 4.02. The highest BCUT2D eigenvalue weighted by Gasteiger charge is 2.27. The smallest absolute Gasteiger partial charge is 0.0488 e. The topological polar surface area (TPSA) is 12.0 Å². The van der Waals surface area contributed by atoms with Crippen molar-refractivity contribution >= 4 is 33.2 Å². The molecule has 1 saturated carbocycles. The van der Waals surface area contributed by atoms with E-state index in [1.165, 1.54) is 19.3 Å². The van der Waals surface area contributed by atoms with Crippen molar-refractivity contribution in [1.82, 2.24) is 0 Å². The normalized spacial score (nSPS) is 29.1. The summed E-state index contributed by atoms with van der Waals surface area (Å²) in [7, 11) is 0. The Hall–Kier alpha value is -0.210. The summed E-state index contributed by atoms with van der Waals surface area (Å²) >= 11 is 9.53. The van der Waals surface area contributed by atoms with Crippen LogP contribution in [0.2, 0.25) is 5.02 Å². The zero-order valence-corrected chi connectivity index (χ0v) is 12.7. The summed E-state index contributed by atoms with van der Waals surface area (Å²) in [4.78, 5) is 0. The molecule has 1 aliphatic carbocycles. The van der Waals surface area contributed by atoms with Crippen molar-refractivity contribution in [3.63, 3.8) is 0 Å². The molecule has 2 atom stereocenters. The van der Waals surface area contributed by atoms with Gasteiger partial charge in [-0.2, -0.15) is 0 Å². The van der Waals surface area contributed by atoms with Crippen LogP contribution >= 0.6 is 27.5 Å². The maximum absolute atomic E-state index is 5.96. The van der Waals surface area contributed by atoms with E-state index < -0.39 is 0 Å². The summed E-state index contributed by atoms with van der Waals surface area (Å²) in [5.41, 5.74) is 1.15. The molecule has 1 aromatic rings. The van der Waals surface area contributed by atoms with Crippen molar-refractivity contribution in [3.8, 4) is 0 Å². The van der Waals surface area contributed by atoms with Crippen LogP contribution in [0.1, 0.15) is 33.1 Å². The molecule has 0 radical (unpaired) electrons. The van der Waals surface area contributed by atoms with Crippen molar-refractivity contribution in [2.45, 2.75) is 39.2 Å². The van der Waals surface area contributed by atoms with E-state index in [4.69, 9.17) is 11.6 Å². The van der Waals surface area contributed by atoms with Gasteiger partial charge in [0.05, 0.1) is 0 Å². The van der Waals surface area contributed by atoms with E-state index in [2.05, 4.69) is 41.2 Å². The van der Waals surface area contributed by atoms with Crippen LogP contribution in [0, 0.1) is 11.8 Å². The highest BCUT2D eigenvalue weighted by Crippen LogP contribution is 2.34. The third-order valence-corrected chi connectivity index (χ3v) is 4.69. The number of anilines is 1. The van der Waals surface area contributed by atoms with E-state index >= 15 is 0 Å². The molecule has 1 N–H and O–H groups in total. The molecule has 0 spiro atoms. The molecular formula is C14H19BrClN. The average molecular weight is 317 g/mol. The lowest BCUT2D eigenvalue weighted by molar-refractivity contribution is 0.268. The van der Waals surface area contributed by atoms with Gasteiger partial charge in [-0.3, -0.25) is 0 Å². The van der Waals surface area contributed by atoms with Gasteiger partial charge in [0, 0.05) is 21.2 Å². The zero-order chi connectivity index (χ0) is 12.4. The number of rotatable bonds is 2. The van der Waals surface area contributed by atoms with Crippen LogP contribution in [0.25, 0.3) is 0 Å². The molecule has 1 aliphatic rings. The van der Waals surface area contributed by atoms with Crippen molar-refractivity contribution in [2.24, 2.45) is 11.8 Å². The molecule has 0 bridgehead atoms. The second-order valence-electron chi connectivity index (χ2n) is 5.18. The van der Waals surface area contributed by atoms with Gasteiger partial charge in [-0.05, 0) is 58.8 Å². The number of halogens is 2. The molecule has 1 nitrogen and oxygen atoms in total. The summed E-state index contributed by atoms with van der Waals surface area (Å²) in [5.74, 6) is 1.47. The Morgan fingerprint density at radius 2 is 1.88 bits per heavy atom. The summed E-state index contributed by atoms with van der Waals surface area (Å²) < 4.78 is 1.05. The third kappa shape index (κ3) is 3.17. The molecule has 0 amide bonds. The number of nitrogens with one attached hydrogen (secondary N) is 1. The van der Waals surface area contributed by atoms with Crippen LogP contribution < -0.4 is 5.32 Å². The molecule has 0 saturated heterocycles. The molecule has 0 aromatic heterocycles. The average Bonchev–Trinajstić information content (AvgIpc) is 2.26. The largest absolute Gasteiger partial charge is 0.381 e. The Morgan fingerprint density at radius 1 is 1.24 bits per heavy atom.